The molecule has 0 spiro atoms. The minimum atomic E-state index is -0.292. The summed E-state index contributed by atoms with van der Waals surface area (Å²) in [5.74, 6) is 0.294. The standard InChI is InChI=1S/C7H15N3O/c1-5(2)10(4)7(11)9-6(3)8/h5H,1-4H3,(H2,8,9,11). The van der Waals surface area contributed by atoms with Gasteiger partial charge in [-0.1, -0.05) is 0 Å². The predicted octanol–water partition coefficient (Wildman–Crippen LogP) is 0.824. The Labute approximate surface area is 67.1 Å². The van der Waals surface area contributed by atoms with Crippen LogP contribution in [0.1, 0.15) is 20.8 Å². The van der Waals surface area contributed by atoms with E-state index in [0.717, 1.165) is 0 Å². The van der Waals surface area contributed by atoms with Crippen LogP contribution in [0.15, 0.2) is 4.99 Å². The normalized spacial score (nSPS) is 11.9. The van der Waals surface area contributed by atoms with Crippen LogP contribution in [-0.2, 0) is 0 Å². The molecule has 0 bridgehead atoms. The van der Waals surface area contributed by atoms with Crippen molar-refractivity contribution in [3.05, 3.63) is 0 Å². The number of rotatable bonds is 1. The van der Waals surface area contributed by atoms with Crippen LogP contribution in [0.4, 0.5) is 4.79 Å². The van der Waals surface area contributed by atoms with Crippen molar-refractivity contribution in [1.82, 2.24) is 4.90 Å². The van der Waals surface area contributed by atoms with Gasteiger partial charge in [0.15, 0.2) is 0 Å². The monoisotopic (exact) mass is 157 g/mol. The molecule has 2 amide bonds. The van der Waals surface area contributed by atoms with Gasteiger partial charge in [-0.2, -0.15) is 4.99 Å². The van der Waals surface area contributed by atoms with Crippen LogP contribution in [0.5, 0.6) is 0 Å². The van der Waals surface area contributed by atoms with Gasteiger partial charge in [-0.3, -0.25) is 0 Å². The third-order valence-electron chi connectivity index (χ3n) is 1.35. The maximum absolute atomic E-state index is 11.1. The van der Waals surface area contributed by atoms with E-state index in [1.54, 1.807) is 14.0 Å². The van der Waals surface area contributed by atoms with Gasteiger partial charge in [0.2, 0.25) is 0 Å². The second-order valence-electron chi connectivity index (χ2n) is 2.74. The molecule has 0 aliphatic rings. The van der Waals surface area contributed by atoms with E-state index in [1.165, 1.54) is 4.90 Å². The number of hydrogen-bond donors (Lipinski definition) is 1. The summed E-state index contributed by atoms with van der Waals surface area (Å²) in [5, 5.41) is 0. The second-order valence-corrected chi connectivity index (χ2v) is 2.74. The highest BCUT2D eigenvalue weighted by atomic mass is 16.2. The Morgan fingerprint density at radius 1 is 1.55 bits per heavy atom. The van der Waals surface area contributed by atoms with Gasteiger partial charge in [-0.05, 0) is 20.8 Å². The zero-order chi connectivity index (χ0) is 9.02. The van der Waals surface area contributed by atoms with Gasteiger partial charge < -0.3 is 10.6 Å². The topological polar surface area (TPSA) is 58.7 Å². The first kappa shape index (κ1) is 9.94. The van der Waals surface area contributed by atoms with E-state index in [9.17, 15) is 4.79 Å². The molecule has 64 valence electrons. The molecular weight excluding hydrogens is 142 g/mol. The molecule has 4 nitrogen and oxygen atoms in total. The van der Waals surface area contributed by atoms with E-state index in [0.29, 0.717) is 5.84 Å². The maximum atomic E-state index is 11.1. The van der Waals surface area contributed by atoms with Crippen molar-refractivity contribution in [2.75, 3.05) is 7.05 Å². The van der Waals surface area contributed by atoms with E-state index in [4.69, 9.17) is 5.73 Å². The summed E-state index contributed by atoms with van der Waals surface area (Å²) in [7, 11) is 1.69. The SMILES string of the molecule is C/C(N)=N\C(=O)N(C)C(C)C. The highest BCUT2D eigenvalue weighted by Gasteiger charge is 2.09. The number of nitrogens with two attached hydrogens (primary N) is 1. The number of carbonyl (C=O) groups excluding carboxylic acids is 1. The molecule has 0 aromatic carbocycles. The van der Waals surface area contributed by atoms with E-state index in [2.05, 4.69) is 4.99 Å². The van der Waals surface area contributed by atoms with Crippen LogP contribution < -0.4 is 5.73 Å². The van der Waals surface area contributed by atoms with Crippen molar-refractivity contribution in [3.8, 4) is 0 Å². The summed E-state index contributed by atoms with van der Waals surface area (Å²) in [4.78, 5) is 16.2. The van der Waals surface area contributed by atoms with E-state index in [-0.39, 0.29) is 12.1 Å². The summed E-state index contributed by atoms with van der Waals surface area (Å²) < 4.78 is 0. The zero-order valence-corrected chi connectivity index (χ0v) is 7.46. The highest BCUT2D eigenvalue weighted by Crippen LogP contribution is 1.96. The first-order valence-electron chi connectivity index (χ1n) is 3.52. The van der Waals surface area contributed by atoms with Crippen molar-refractivity contribution in [2.24, 2.45) is 10.7 Å². The third kappa shape index (κ3) is 3.60. The quantitative estimate of drug-likeness (QED) is 0.452. The Morgan fingerprint density at radius 2 is 2.00 bits per heavy atom. The molecule has 0 atom stereocenters. The third-order valence-corrected chi connectivity index (χ3v) is 1.35. The minimum Gasteiger partial charge on any atom is -0.387 e. The number of amidine groups is 1. The van der Waals surface area contributed by atoms with Crippen LogP contribution in [0.25, 0.3) is 0 Å². The van der Waals surface area contributed by atoms with Crippen LogP contribution in [0.2, 0.25) is 0 Å². The van der Waals surface area contributed by atoms with Gasteiger partial charge in [-0.15, -0.1) is 0 Å². The predicted molar refractivity (Wildman–Crippen MR) is 45.6 cm³/mol. The molecule has 0 rings (SSSR count). The van der Waals surface area contributed by atoms with Crippen LogP contribution >= 0.6 is 0 Å². The van der Waals surface area contributed by atoms with Crippen LogP contribution in [0.3, 0.4) is 0 Å². The first-order valence-corrected chi connectivity index (χ1v) is 3.52. The summed E-state index contributed by atoms with van der Waals surface area (Å²) >= 11 is 0. The van der Waals surface area contributed by atoms with E-state index >= 15 is 0 Å². The molecule has 0 radical (unpaired) electrons. The molecule has 0 fully saturated rings. The number of hydrogen-bond acceptors (Lipinski definition) is 1. The average molecular weight is 157 g/mol. The lowest BCUT2D eigenvalue weighted by Gasteiger charge is -2.18. The molecule has 0 heterocycles. The Hall–Kier alpha value is -1.06. The zero-order valence-electron chi connectivity index (χ0n) is 7.46. The Balaban J connectivity index is 4.15. The Morgan fingerprint density at radius 3 is 2.27 bits per heavy atom. The van der Waals surface area contributed by atoms with E-state index in [1.807, 2.05) is 13.8 Å². The molecule has 0 aliphatic heterocycles. The van der Waals surface area contributed by atoms with Gasteiger partial charge in [0, 0.05) is 13.1 Å². The number of urea groups is 1. The second kappa shape index (κ2) is 3.95. The van der Waals surface area contributed by atoms with Gasteiger partial charge in [0.25, 0.3) is 0 Å². The van der Waals surface area contributed by atoms with Crippen molar-refractivity contribution in [1.29, 1.82) is 0 Å². The molecule has 0 unspecified atom stereocenters. The van der Waals surface area contributed by atoms with Crippen LogP contribution in [-0.4, -0.2) is 29.9 Å². The smallest absolute Gasteiger partial charge is 0.345 e. The lowest BCUT2D eigenvalue weighted by molar-refractivity contribution is 0.208. The number of nitrogens with zero attached hydrogens (tertiary/aromatic N) is 2. The Kier molecular flexibility index (Phi) is 3.57. The molecule has 0 aromatic heterocycles. The fraction of sp³-hybridized carbons (Fsp3) is 0.714. The first-order chi connectivity index (χ1) is 4.95. The Bertz CT molecular complexity index is 171. The maximum Gasteiger partial charge on any atom is 0.345 e. The van der Waals surface area contributed by atoms with Crippen molar-refractivity contribution >= 4 is 11.9 Å². The molecule has 0 aliphatic carbocycles. The molecule has 11 heavy (non-hydrogen) atoms. The van der Waals surface area contributed by atoms with Gasteiger partial charge in [0.1, 0.15) is 5.84 Å². The van der Waals surface area contributed by atoms with Gasteiger partial charge in [0.05, 0.1) is 0 Å². The fourth-order valence-electron chi connectivity index (χ4n) is 0.451. The van der Waals surface area contributed by atoms with Gasteiger partial charge >= 0.3 is 6.03 Å². The largest absolute Gasteiger partial charge is 0.387 e. The lowest BCUT2D eigenvalue weighted by Crippen LogP contribution is -2.31. The summed E-state index contributed by atoms with van der Waals surface area (Å²) in [5.41, 5.74) is 5.23. The summed E-state index contributed by atoms with van der Waals surface area (Å²) in [6.07, 6.45) is 0. The molecule has 0 aromatic rings. The van der Waals surface area contributed by atoms with E-state index < -0.39 is 0 Å². The summed E-state index contributed by atoms with van der Waals surface area (Å²) in [6, 6.07) is -0.134. The number of aliphatic imine (C=N–C) groups is 1. The van der Waals surface area contributed by atoms with Gasteiger partial charge in [-0.25, -0.2) is 4.79 Å². The molecule has 0 saturated heterocycles. The fourth-order valence-corrected chi connectivity index (χ4v) is 0.451. The molecule has 2 N–H and O–H groups in total. The van der Waals surface area contributed by atoms with Crippen molar-refractivity contribution in [3.63, 3.8) is 0 Å². The average Bonchev–Trinajstić information content (AvgIpc) is 1.84. The minimum absolute atomic E-state index is 0.158. The van der Waals surface area contributed by atoms with Crippen LogP contribution in [0, 0.1) is 0 Å². The van der Waals surface area contributed by atoms with Crippen molar-refractivity contribution in [2.45, 2.75) is 26.8 Å². The molecule has 4 heteroatoms. The summed E-state index contributed by atoms with van der Waals surface area (Å²) in [6.45, 7) is 5.42. The molecule has 0 saturated carbocycles. The lowest BCUT2D eigenvalue weighted by atomic mass is 10.4. The molecular formula is C7H15N3O. The van der Waals surface area contributed by atoms with Crippen molar-refractivity contribution < 1.29 is 4.79 Å². The number of amides is 2. The number of carbonyl (C=O) groups is 1. The highest BCUT2D eigenvalue weighted by molar-refractivity contribution is 5.91.